The molecule has 0 spiro atoms. The topological polar surface area (TPSA) is 16.4 Å². The van der Waals surface area contributed by atoms with Gasteiger partial charge < -0.3 is 9.32 Å². The van der Waals surface area contributed by atoms with Crippen LogP contribution in [0.1, 0.15) is 25.0 Å². The first-order valence-electron chi connectivity index (χ1n) is 24.8. The van der Waals surface area contributed by atoms with Crippen LogP contribution in [0, 0.1) is 0 Å². The van der Waals surface area contributed by atoms with Gasteiger partial charge in [0.2, 0.25) is 0 Å². The van der Waals surface area contributed by atoms with Crippen LogP contribution in [-0.2, 0) is 5.41 Å². The molecule has 11 aromatic carbocycles. The number of furan rings is 1. The fraction of sp³-hybridized carbons (Fsp3) is 0.0435. The highest BCUT2D eigenvalue weighted by molar-refractivity contribution is 7.26. The smallest absolute Gasteiger partial charge is 0.143 e. The van der Waals surface area contributed by atoms with Gasteiger partial charge in [-0.15, -0.1) is 11.3 Å². The number of nitrogens with zero attached hydrogens (tertiary/aromatic N) is 1. The quantitative estimate of drug-likeness (QED) is 0.151. The van der Waals surface area contributed by atoms with Gasteiger partial charge >= 0.3 is 0 Å². The molecule has 1 aliphatic carbocycles. The summed E-state index contributed by atoms with van der Waals surface area (Å²) in [6, 6.07) is 90.9. The minimum absolute atomic E-state index is 0.135. The maximum atomic E-state index is 6.49. The van der Waals surface area contributed by atoms with Gasteiger partial charge in [-0.3, -0.25) is 0 Å². The molecule has 0 unspecified atom stereocenters. The highest BCUT2D eigenvalue weighted by atomic mass is 32.1. The lowest BCUT2D eigenvalue weighted by Crippen LogP contribution is -2.15. The first-order chi connectivity index (χ1) is 35.4. The zero-order chi connectivity index (χ0) is 47.9. The van der Waals surface area contributed by atoms with Crippen LogP contribution in [0.25, 0.3) is 109 Å². The number of hydrogen-bond donors (Lipinski definition) is 0. The summed E-state index contributed by atoms with van der Waals surface area (Å²) in [6.45, 7) is 4.74. The lowest BCUT2D eigenvalue weighted by atomic mass is 9.81. The SMILES string of the molecule is CC1(C)c2cc(-c3ccc(N(c4ccc(-c5cccc6c5oc5ccccc56)cc4)c4ccc(-c5cccc6sc7ccc(-c8ccccc8)cc7c56)cc4)cc3)ccc2-c2c(-c3ccccc3)cccc21. The van der Waals surface area contributed by atoms with Gasteiger partial charge in [0.1, 0.15) is 11.2 Å². The Morgan fingerprint density at radius 3 is 1.61 bits per heavy atom. The van der Waals surface area contributed by atoms with E-state index in [4.69, 9.17) is 4.42 Å². The Bertz CT molecular complexity index is 4200. The monoisotopic (exact) mass is 937 g/mol. The predicted octanol–water partition coefficient (Wildman–Crippen LogP) is 20.1. The van der Waals surface area contributed by atoms with Gasteiger partial charge in [0.05, 0.1) is 0 Å². The minimum atomic E-state index is -0.135. The van der Waals surface area contributed by atoms with E-state index in [0.717, 1.165) is 50.1 Å². The number of para-hydroxylation sites is 2. The van der Waals surface area contributed by atoms with Crippen molar-refractivity contribution in [2.45, 2.75) is 19.3 Å². The molecule has 0 N–H and O–H groups in total. The van der Waals surface area contributed by atoms with E-state index in [-0.39, 0.29) is 5.41 Å². The summed E-state index contributed by atoms with van der Waals surface area (Å²) >= 11 is 1.87. The average molecular weight is 938 g/mol. The van der Waals surface area contributed by atoms with E-state index in [9.17, 15) is 0 Å². The average Bonchev–Trinajstić information content (AvgIpc) is 4.09. The molecule has 3 heteroatoms. The highest BCUT2D eigenvalue weighted by Crippen LogP contribution is 2.53. The second-order valence-electron chi connectivity index (χ2n) is 19.6. The molecule has 0 fully saturated rings. The molecule has 0 bridgehead atoms. The van der Waals surface area contributed by atoms with Crippen LogP contribution in [-0.4, -0.2) is 0 Å². The second kappa shape index (κ2) is 16.7. The standard InChI is InChI=1S/C69H47NOS/c1-69(2)61-23-12-19-54(46-16-7-4-8-17-46)66(61)59-40-32-50(43-62(59)69)45-26-34-51(35-27-45)70(53-38-30-48(31-39-53)56-21-11-22-58-57-18-9-10-24-63(57)71-68(56)58)52-36-28-47(29-37-52)55-20-13-25-65-67(55)60-42-49(33-41-64(60)72-65)44-14-5-3-6-15-44/h3-43H,1-2H3. The van der Waals surface area contributed by atoms with Crippen molar-refractivity contribution >= 4 is 70.5 Å². The summed E-state index contributed by atoms with van der Waals surface area (Å²) in [5.41, 5.74) is 22.4. The predicted molar refractivity (Wildman–Crippen MR) is 306 cm³/mol. The van der Waals surface area contributed by atoms with Crippen molar-refractivity contribution in [2.75, 3.05) is 4.90 Å². The van der Waals surface area contributed by atoms with Crippen LogP contribution in [0.15, 0.2) is 253 Å². The van der Waals surface area contributed by atoms with Crippen molar-refractivity contribution in [3.05, 3.63) is 260 Å². The van der Waals surface area contributed by atoms with Gasteiger partial charge in [0.25, 0.3) is 0 Å². The third kappa shape index (κ3) is 6.84. The van der Waals surface area contributed by atoms with Crippen molar-refractivity contribution in [3.63, 3.8) is 0 Å². The normalized spacial score (nSPS) is 12.7. The fourth-order valence-corrected chi connectivity index (χ4v) is 12.6. The largest absolute Gasteiger partial charge is 0.455 e. The molecule has 14 rings (SSSR count). The Morgan fingerprint density at radius 2 is 0.875 bits per heavy atom. The third-order valence-corrected chi connectivity index (χ3v) is 16.3. The minimum Gasteiger partial charge on any atom is -0.455 e. The summed E-state index contributed by atoms with van der Waals surface area (Å²) in [5, 5.41) is 4.87. The zero-order valence-corrected chi connectivity index (χ0v) is 40.8. The second-order valence-corrected chi connectivity index (χ2v) is 20.7. The van der Waals surface area contributed by atoms with Crippen LogP contribution < -0.4 is 4.90 Å². The lowest BCUT2D eigenvalue weighted by molar-refractivity contribution is 0.660. The molecule has 72 heavy (non-hydrogen) atoms. The van der Waals surface area contributed by atoms with Gasteiger partial charge in [-0.05, 0) is 139 Å². The van der Waals surface area contributed by atoms with Crippen molar-refractivity contribution in [3.8, 4) is 66.8 Å². The summed E-state index contributed by atoms with van der Waals surface area (Å²) in [5.74, 6) is 0. The zero-order valence-electron chi connectivity index (χ0n) is 39.9. The Kier molecular flexibility index (Phi) is 9.77. The van der Waals surface area contributed by atoms with Crippen molar-refractivity contribution in [2.24, 2.45) is 0 Å². The lowest BCUT2D eigenvalue weighted by Gasteiger charge is -2.26. The van der Waals surface area contributed by atoms with Crippen LogP contribution in [0.3, 0.4) is 0 Å². The van der Waals surface area contributed by atoms with E-state index < -0.39 is 0 Å². The van der Waals surface area contributed by atoms with Gasteiger partial charge in [0, 0.05) is 59.0 Å². The van der Waals surface area contributed by atoms with Gasteiger partial charge in [-0.1, -0.05) is 196 Å². The first-order valence-corrected chi connectivity index (χ1v) is 25.6. The van der Waals surface area contributed by atoms with Gasteiger partial charge in [0.15, 0.2) is 0 Å². The molecule has 0 aliphatic heterocycles. The van der Waals surface area contributed by atoms with E-state index in [0.29, 0.717) is 0 Å². The molecule has 0 saturated carbocycles. The molecule has 0 amide bonds. The molecule has 340 valence electrons. The summed E-state index contributed by atoms with van der Waals surface area (Å²) in [6.07, 6.45) is 0. The number of hydrogen-bond acceptors (Lipinski definition) is 3. The number of anilines is 3. The maximum Gasteiger partial charge on any atom is 0.143 e. The van der Waals surface area contributed by atoms with E-state index in [1.807, 2.05) is 23.5 Å². The number of thiophene rings is 1. The molecule has 0 saturated heterocycles. The third-order valence-electron chi connectivity index (χ3n) is 15.1. The highest BCUT2D eigenvalue weighted by Gasteiger charge is 2.37. The van der Waals surface area contributed by atoms with Crippen LogP contribution in [0.2, 0.25) is 0 Å². The number of fused-ring (bicyclic) bond motifs is 9. The Morgan fingerprint density at radius 1 is 0.347 bits per heavy atom. The number of rotatable bonds is 8. The van der Waals surface area contributed by atoms with Crippen LogP contribution >= 0.6 is 11.3 Å². The maximum absolute atomic E-state index is 6.49. The Balaban J connectivity index is 0.849. The summed E-state index contributed by atoms with van der Waals surface area (Å²) in [7, 11) is 0. The van der Waals surface area contributed by atoms with E-state index in [1.165, 1.54) is 86.9 Å². The summed E-state index contributed by atoms with van der Waals surface area (Å²) in [4.78, 5) is 2.37. The number of benzene rings is 11. The van der Waals surface area contributed by atoms with Crippen molar-refractivity contribution in [1.82, 2.24) is 0 Å². The Labute approximate surface area is 423 Å². The molecule has 2 heterocycles. The molecule has 13 aromatic rings. The van der Waals surface area contributed by atoms with Crippen molar-refractivity contribution < 1.29 is 4.42 Å². The van der Waals surface area contributed by atoms with Gasteiger partial charge in [-0.25, -0.2) is 0 Å². The molecule has 2 aromatic heterocycles. The molecular formula is C69H47NOS. The van der Waals surface area contributed by atoms with E-state index in [1.54, 1.807) is 0 Å². The van der Waals surface area contributed by atoms with E-state index in [2.05, 4.69) is 255 Å². The van der Waals surface area contributed by atoms with Crippen LogP contribution in [0.4, 0.5) is 17.1 Å². The molecule has 0 radical (unpaired) electrons. The Hall–Kier alpha value is -8.76. The first kappa shape index (κ1) is 42.1. The van der Waals surface area contributed by atoms with Gasteiger partial charge in [-0.2, -0.15) is 0 Å². The summed E-state index contributed by atoms with van der Waals surface area (Å²) < 4.78 is 9.08. The molecule has 1 aliphatic rings. The van der Waals surface area contributed by atoms with Crippen molar-refractivity contribution in [1.29, 1.82) is 0 Å². The molecular weight excluding hydrogens is 891 g/mol. The van der Waals surface area contributed by atoms with Crippen LogP contribution in [0.5, 0.6) is 0 Å². The molecule has 2 nitrogen and oxygen atoms in total. The fourth-order valence-electron chi connectivity index (χ4n) is 11.5. The molecule has 0 atom stereocenters. The van der Waals surface area contributed by atoms with E-state index >= 15 is 0 Å².